The number of ketones is 1. The van der Waals surface area contributed by atoms with E-state index in [1.54, 1.807) is 30.3 Å². The van der Waals surface area contributed by atoms with Gasteiger partial charge in [-0.3, -0.25) is 9.59 Å². The molecule has 1 N–H and O–H groups in total. The molecule has 1 heterocycles. The number of Topliss-reactive ketones (excluding diaryl/α,β-unsaturated/α-hetero) is 1. The van der Waals surface area contributed by atoms with Gasteiger partial charge in [-0.25, -0.2) is 9.18 Å². The summed E-state index contributed by atoms with van der Waals surface area (Å²) in [5.74, 6) is -1.71. The van der Waals surface area contributed by atoms with Gasteiger partial charge in [0, 0.05) is 11.1 Å². The number of esters is 1. The number of rotatable bonds is 6. The van der Waals surface area contributed by atoms with E-state index in [0.717, 1.165) is 0 Å². The fraction of sp³-hybridized carbons (Fsp3) is 0.136. The van der Waals surface area contributed by atoms with Crippen molar-refractivity contribution in [2.45, 2.75) is 20.0 Å². The van der Waals surface area contributed by atoms with Crippen molar-refractivity contribution in [3.8, 4) is 11.3 Å². The van der Waals surface area contributed by atoms with Crippen LogP contribution in [0.4, 0.5) is 10.1 Å². The SMILES string of the molecule is CC(=O)c1ccccc1NC(=O)[C@H](C)OC(=O)c1ccc(-c2ccc(F)cc2)o1. The van der Waals surface area contributed by atoms with E-state index in [-0.39, 0.29) is 17.4 Å². The van der Waals surface area contributed by atoms with Gasteiger partial charge in [0.25, 0.3) is 5.91 Å². The maximum absolute atomic E-state index is 13.0. The average molecular weight is 395 g/mol. The maximum atomic E-state index is 13.0. The highest BCUT2D eigenvalue weighted by molar-refractivity contribution is 6.05. The van der Waals surface area contributed by atoms with Gasteiger partial charge in [-0.2, -0.15) is 0 Å². The summed E-state index contributed by atoms with van der Waals surface area (Å²) in [6.45, 7) is 2.80. The van der Waals surface area contributed by atoms with Gasteiger partial charge in [0.1, 0.15) is 11.6 Å². The van der Waals surface area contributed by atoms with Crippen LogP contribution in [0.1, 0.15) is 34.8 Å². The minimum atomic E-state index is -1.12. The minimum Gasteiger partial charge on any atom is -0.449 e. The van der Waals surface area contributed by atoms with Crippen LogP contribution in [0.2, 0.25) is 0 Å². The molecule has 0 bridgehead atoms. The van der Waals surface area contributed by atoms with Crippen LogP contribution in [0.25, 0.3) is 11.3 Å². The molecule has 1 aromatic heterocycles. The molecular weight excluding hydrogens is 377 g/mol. The number of amides is 1. The summed E-state index contributed by atoms with van der Waals surface area (Å²) in [7, 11) is 0. The zero-order chi connectivity index (χ0) is 21.0. The van der Waals surface area contributed by atoms with Gasteiger partial charge >= 0.3 is 5.97 Å². The lowest BCUT2D eigenvalue weighted by Gasteiger charge is -2.14. The number of carbonyl (C=O) groups excluding carboxylic acids is 3. The Hall–Kier alpha value is -3.74. The summed E-state index contributed by atoms with van der Waals surface area (Å²) < 4.78 is 23.6. The Balaban J connectivity index is 1.65. The third-order valence-electron chi connectivity index (χ3n) is 4.15. The topological polar surface area (TPSA) is 85.6 Å². The fourth-order valence-corrected chi connectivity index (χ4v) is 2.62. The first-order chi connectivity index (χ1) is 13.8. The number of benzene rings is 2. The molecule has 0 spiro atoms. The first kappa shape index (κ1) is 20.0. The summed E-state index contributed by atoms with van der Waals surface area (Å²) in [4.78, 5) is 36.3. The van der Waals surface area contributed by atoms with Crippen molar-refractivity contribution in [2.75, 3.05) is 5.32 Å². The molecule has 0 fully saturated rings. The van der Waals surface area contributed by atoms with E-state index in [9.17, 15) is 18.8 Å². The van der Waals surface area contributed by atoms with E-state index in [4.69, 9.17) is 9.15 Å². The molecule has 0 radical (unpaired) electrons. The predicted octanol–water partition coefficient (Wildman–Crippen LogP) is 4.47. The van der Waals surface area contributed by atoms with Crippen molar-refractivity contribution in [1.82, 2.24) is 0 Å². The molecule has 1 amide bonds. The molecule has 0 saturated carbocycles. The van der Waals surface area contributed by atoms with E-state index >= 15 is 0 Å². The molecule has 1 atom stereocenters. The highest BCUT2D eigenvalue weighted by atomic mass is 19.1. The van der Waals surface area contributed by atoms with E-state index in [1.807, 2.05) is 0 Å². The number of para-hydroxylation sites is 1. The Morgan fingerprint density at radius 2 is 1.69 bits per heavy atom. The van der Waals surface area contributed by atoms with Gasteiger partial charge in [0.05, 0.1) is 5.69 Å². The van der Waals surface area contributed by atoms with Crippen LogP contribution in [0.5, 0.6) is 0 Å². The molecule has 148 valence electrons. The van der Waals surface area contributed by atoms with Crippen molar-refractivity contribution in [1.29, 1.82) is 0 Å². The molecule has 0 unspecified atom stereocenters. The number of hydrogen-bond acceptors (Lipinski definition) is 5. The summed E-state index contributed by atoms with van der Waals surface area (Å²) in [6.07, 6.45) is -1.12. The quantitative estimate of drug-likeness (QED) is 0.492. The summed E-state index contributed by atoms with van der Waals surface area (Å²) in [6, 6.07) is 15.1. The van der Waals surface area contributed by atoms with E-state index < -0.39 is 18.0 Å². The number of carbonyl (C=O) groups is 3. The smallest absolute Gasteiger partial charge is 0.375 e. The highest BCUT2D eigenvalue weighted by Crippen LogP contribution is 2.23. The van der Waals surface area contributed by atoms with Crippen LogP contribution in [-0.2, 0) is 9.53 Å². The molecule has 0 saturated heterocycles. The molecule has 0 aliphatic rings. The lowest BCUT2D eigenvalue weighted by Crippen LogP contribution is -2.30. The van der Waals surface area contributed by atoms with Crippen molar-refractivity contribution < 1.29 is 27.9 Å². The summed E-state index contributed by atoms with van der Waals surface area (Å²) in [5.41, 5.74) is 1.29. The molecule has 0 aliphatic heterocycles. The van der Waals surface area contributed by atoms with Crippen LogP contribution >= 0.6 is 0 Å². The summed E-state index contributed by atoms with van der Waals surface area (Å²) >= 11 is 0. The van der Waals surface area contributed by atoms with Crippen molar-refractivity contribution in [2.24, 2.45) is 0 Å². The van der Waals surface area contributed by atoms with Gasteiger partial charge in [0.2, 0.25) is 5.76 Å². The largest absolute Gasteiger partial charge is 0.449 e. The Bertz CT molecular complexity index is 1060. The van der Waals surface area contributed by atoms with Crippen molar-refractivity contribution in [3.05, 3.63) is 77.8 Å². The van der Waals surface area contributed by atoms with Gasteiger partial charge in [-0.05, 0) is 62.4 Å². The Morgan fingerprint density at radius 3 is 2.38 bits per heavy atom. The second-order valence-corrected chi connectivity index (χ2v) is 6.31. The minimum absolute atomic E-state index is 0.0897. The first-order valence-corrected chi connectivity index (χ1v) is 8.82. The first-order valence-electron chi connectivity index (χ1n) is 8.82. The van der Waals surface area contributed by atoms with Crippen LogP contribution in [0.15, 0.2) is 65.1 Å². The lowest BCUT2D eigenvalue weighted by atomic mass is 10.1. The fourth-order valence-electron chi connectivity index (χ4n) is 2.62. The van der Waals surface area contributed by atoms with Crippen LogP contribution in [0.3, 0.4) is 0 Å². The van der Waals surface area contributed by atoms with E-state index in [1.165, 1.54) is 44.2 Å². The number of hydrogen-bond donors (Lipinski definition) is 1. The normalized spacial score (nSPS) is 11.6. The molecular formula is C22H18FNO5. The third-order valence-corrected chi connectivity index (χ3v) is 4.15. The molecule has 7 heteroatoms. The monoisotopic (exact) mass is 395 g/mol. The predicted molar refractivity (Wildman–Crippen MR) is 104 cm³/mol. The standard InChI is InChI=1S/C22H18FNO5/c1-13(25)17-5-3-4-6-18(17)24-21(26)14(2)28-22(27)20-12-11-19(29-20)15-7-9-16(23)10-8-15/h3-12,14H,1-2H3,(H,24,26)/t14-/m0/s1. The number of ether oxygens (including phenoxy) is 1. The molecule has 29 heavy (non-hydrogen) atoms. The Kier molecular flexibility index (Phi) is 5.87. The maximum Gasteiger partial charge on any atom is 0.375 e. The number of halogens is 1. The van der Waals surface area contributed by atoms with Gasteiger partial charge < -0.3 is 14.5 Å². The van der Waals surface area contributed by atoms with Gasteiger partial charge in [0.15, 0.2) is 11.9 Å². The van der Waals surface area contributed by atoms with E-state index in [2.05, 4.69) is 5.32 Å². The summed E-state index contributed by atoms with van der Waals surface area (Å²) in [5, 5.41) is 2.58. The average Bonchev–Trinajstić information content (AvgIpc) is 3.19. The number of furan rings is 1. The molecule has 3 aromatic rings. The molecule has 6 nitrogen and oxygen atoms in total. The second kappa shape index (κ2) is 8.52. The zero-order valence-corrected chi connectivity index (χ0v) is 15.8. The lowest BCUT2D eigenvalue weighted by molar-refractivity contribution is -0.123. The Morgan fingerprint density at radius 1 is 1.00 bits per heavy atom. The second-order valence-electron chi connectivity index (χ2n) is 6.31. The van der Waals surface area contributed by atoms with Crippen molar-refractivity contribution >= 4 is 23.3 Å². The van der Waals surface area contributed by atoms with E-state index in [0.29, 0.717) is 22.6 Å². The van der Waals surface area contributed by atoms with Gasteiger partial charge in [-0.15, -0.1) is 0 Å². The molecule has 0 aliphatic carbocycles. The molecule has 3 rings (SSSR count). The molecule has 2 aromatic carbocycles. The third kappa shape index (κ3) is 4.76. The van der Waals surface area contributed by atoms with Gasteiger partial charge in [-0.1, -0.05) is 12.1 Å². The Labute approximate surface area is 166 Å². The number of anilines is 1. The van der Waals surface area contributed by atoms with Crippen LogP contribution < -0.4 is 5.32 Å². The van der Waals surface area contributed by atoms with Crippen LogP contribution in [0, 0.1) is 5.82 Å². The van der Waals surface area contributed by atoms with Crippen LogP contribution in [-0.4, -0.2) is 23.8 Å². The van der Waals surface area contributed by atoms with Crippen molar-refractivity contribution in [3.63, 3.8) is 0 Å². The highest BCUT2D eigenvalue weighted by Gasteiger charge is 2.22. The number of nitrogens with one attached hydrogen (secondary N) is 1. The zero-order valence-electron chi connectivity index (χ0n) is 15.8.